The first kappa shape index (κ1) is 15.9. The lowest BCUT2D eigenvalue weighted by atomic mass is 10.1. The molecule has 1 aromatic rings. The number of nitrogens with zero attached hydrogens (tertiary/aromatic N) is 1. The fraction of sp³-hybridized carbons (Fsp3) is 0.500. The second-order valence-electron chi connectivity index (χ2n) is 4.82. The van der Waals surface area contributed by atoms with E-state index in [2.05, 4.69) is 13.8 Å². The largest absolute Gasteiger partial charge is 0.493 e. The average Bonchev–Trinajstić information content (AvgIpc) is 2.42. The number of rotatable bonds is 8. The van der Waals surface area contributed by atoms with Gasteiger partial charge in [0.2, 0.25) is 0 Å². The maximum atomic E-state index is 10.9. The van der Waals surface area contributed by atoms with Crippen molar-refractivity contribution in [1.82, 2.24) is 0 Å². The van der Waals surface area contributed by atoms with E-state index in [-0.39, 0.29) is 17.0 Å². The topological polar surface area (TPSA) is 78.7 Å². The van der Waals surface area contributed by atoms with Crippen molar-refractivity contribution in [3.8, 4) is 11.5 Å². The number of hydrogen-bond donors (Lipinski definition) is 0. The van der Waals surface area contributed by atoms with Crippen LogP contribution >= 0.6 is 0 Å². The van der Waals surface area contributed by atoms with Gasteiger partial charge < -0.3 is 9.47 Å². The first-order valence-electron chi connectivity index (χ1n) is 6.44. The molecule has 0 aromatic heterocycles. The molecule has 0 aliphatic rings. The molecule has 0 fully saturated rings. The van der Waals surface area contributed by atoms with Gasteiger partial charge in [0.05, 0.1) is 30.3 Å². The van der Waals surface area contributed by atoms with Crippen molar-refractivity contribution in [2.45, 2.75) is 26.7 Å². The summed E-state index contributed by atoms with van der Waals surface area (Å²) in [5.74, 6) is 1.18. The molecular formula is C14H19NO5. The minimum absolute atomic E-state index is 0.0265. The molecule has 0 aliphatic carbocycles. The number of nitro benzene ring substituents is 1. The van der Waals surface area contributed by atoms with E-state index in [0.29, 0.717) is 24.6 Å². The molecule has 0 saturated carbocycles. The van der Waals surface area contributed by atoms with Gasteiger partial charge in [0.15, 0.2) is 17.8 Å². The Labute approximate surface area is 117 Å². The molecule has 0 bridgehead atoms. The zero-order chi connectivity index (χ0) is 15.1. The van der Waals surface area contributed by atoms with E-state index >= 15 is 0 Å². The van der Waals surface area contributed by atoms with Gasteiger partial charge >= 0.3 is 0 Å². The second kappa shape index (κ2) is 7.47. The highest BCUT2D eigenvalue weighted by atomic mass is 16.6. The van der Waals surface area contributed by atoms with Crippen LogP contribution in [0.2, 0.25) is 0 Å². The molecule has 0 amide bonds. The molecule has 1 aromatic carbocycles. The number of hydrogen-bond acceptors (Lipinski definition) is 5. The van der Waals surface area contributed by atoms with E-state index in [0.717, 1.165) is 12.8 Å². The monoisotopic (exact) mass is 281 g/mol. The van der Waals surface area contributed by atoms with Gasteiger partial charge in [-0.05, 0) is 18.8 Å². The third kappa shape index (κ3) is 4.22. The summed E-state index contributed by atoms with van der Waals surface area (Å²) in [4.78, 5) is 21.1. The molecule has 1 rings (SSSR count). The lowest BCUT2D eigenvalue weighted by Crippen LogP contribution is -2.03. The molecule has 110 valence electrons. The van der Waals surface area contributed by atoms with E-state index < -0.39 is 4.92 Å². The van der Waals surface area contributed by atoms with Gasteiger partial charge in [-0.2, -0.15) is 0 Å². The second-order valence-corrected chi connectivity index (χ2v) is 4.82. The van der Waals surface area contributed by atoms with Crippen LogP contribution in [0, 0.1) is 16.0 Å². The summed E-state index contributed by atoms with van der Waals surface area (Å²) in [6.45, 7) is 4.68. The molecule has 0 atom stereocenters. The Bertz CT molecular complexity index is 485. The zero-order valence-corrected chi connectivity index (χ0v) is 11.9. The molecular weight excluding hydrogens is 262 g/mol. The molecule has 0 saturated heterocycles. The molecule has 0 radical (unpaired) electrons. The Balaban J connectivity index is 2.90. The van der Waals surface area contributed by atoms with Crippen molar-refractivity contribution in [2.75, 3.05) is 13.7 Å². The van der Waals surface area contributed by atoms with Crippen molar-refractivity contribution in [1.29, 1.82) is 0 Å². The maximum Gasteiger partial charge on any atom is 0.283 e. The van der Waals surface area contributed by atoms with Gasteiger partial charge in [0, 0.05) is 6.07 Å². The van der Waals surface area contributed by atoms with Crippen LogP contribution in [-0.4, -0.2) is 24.9 Å². The highest BCUT2D eigenvalue weighted by molar-refractivity contribution is 5.83. The predicted octanol–water partition coefficient (Wildman–Crippen LogP) is 3.23. The summed E-state index contributed by atoms with van der Waals surface area (Å²) in [5, 5.41) is 10.9. The quantitative estimate of drug-likeness (QED) is 0.316. The van der Waals surface area contributed by atoms with Gasteiger partial charge in [0.1, 0.15) is 0 Å². The van der Waals surface area contributed by atoms with Crippen molar-refractivity contribution < 1.29 is 19.2 Å². The van der Waals surface area contributed by atoms with E-state index in [4.69, 9.17) is 9.47 Å². The number of ether oxygens (including phenoxy) is 2. The summed E-state index contributed by atoms with van der Waals surface area (Å²) >= 11 is 0. The number of methoxy groups -OCH3 is 1. The normalized spacial score (nSPS) is 10.4. The Morgan fingerprint density at radius 1 is 1.35 bits per heavy atom. The highest BCUT2D eigenvalue weighted by Crippen LogP contribution is 2.34. The van der Waals surface area contributed by atoms with Crippen LogP contribution in [0.3, 0.4) is 0 Å². The van der Waals surface area contributed by atoms with Crippen molar-refractivity contribution in [3.63, 3.8) is 0 Å². The van der Waals surface area contributed by atoms with Crippen molar-refractivity contribution in [2.24, 2.45) is 5.92 Å². The lowest BCUT2D eigenvalue weighted by Gasteiger charge is -2.12. The molecule has 6 nitrogen and oxygen atoms in total. The highest BCUT2D eigenvalue weighted by Gasteiger charge is 2.19. The fourth-order valence-electron chi connectivity index (χ4n) is 1.76. The number of carbonyl (C=O) groups is 1. The van der Waals surface area contributed by atoms with Gasteiger partial charge in [-0.3, -0.25) is 14.9 Å². The first-order chi connectivity index (χ1) is 9.49. The average molecular weight is 281 g/mol. The van der Waals surface area contributed by atoms with Crippen molar-refractivity contribution >= 4 is 12.0 Å². The molecule has 0 aliphatic heterocycles. The van der Waals surface area contributed by atoms with Gasteiger partial charge in [-0.15, -0.1) is 0 Å². The van der Waals surface area contributed by atoms with E-state index in [1.54, 1.807) is 0 Å². The van der Waals surface area contributed by atoms with E-state index in [9.17, 15) is 14.9 Å². The van der Waals surface area contributed by atoms with Crippen LogP contribution in [-0.2, 0) is 0 Å². The minimum Gasteiger partial charge on any atom is -0.493 e. The smallest absolute Gasteiger partial charge is 0.283 e. The summed E-state index contributed by atoms with van der Waals surface area (Å²) < 4.78 is 10.6. The molecule has 20 heavy (non-hydrogen) atoms. The molecule has 0 N–H and O–H groups in total. The summed E-state index contributed by atoms with van der Waals surface area (Å²) in [5.41, 5.74) is -0.305. The van der Waals surface area contributed by atoms with Gasteiger partial charge in [-0.1, -0.05) is 13.8 Å². The van der Waals surface area contributed by atoms with Gasteiger partial charge in [-0.25, -0.2) is 0 Å². The van der Waals surface area contributed by atoms with Crippen LogP contribution in [0.15, 0.2) is 12.1 Å². The van der Waals surface area contributed by atoms with Crippen LogP contribution in [0.4, 0.5) is 5.69 Å². The van der Waals surface area contributed by atoms with Crippen molar-refractivity contribution in [3.05, 3.63) is 27.8 Å². The number of carbonyl (C=O) groups excluding carboxylic acids is 1. The standard InChI is InChI=1S/C14H19NO5/c1-10(2)5-4-6-20-14-8-12(15(17)18)11(9-16)7-13(14)19-3/h7-10H,4-6H2,1-3H3. The maximum absolute atomic E-state index is 10.9. The SMILES string of the molecule is COc1cc(C=O)c([N+](=O)[O-])cc1OCCCC(C)C. The molecule has 0 spiro atoms. The first-order valence-corrected chi connectivity index (χ1v) is 6.44. The number of aldehydes is 1. The van der Waals surface area contributed by atoms with Crippen LogP contribution in [0.1, 0.15) is 37.0 Å². The number of nitro groups is 1. The Hall–Kier alpha value is -2.11. The molecule has 0 unspecified atom stereocenters. The van der Waals surface area contributed by atoms with E-state index in [1.807, 2.05) is 0 Å². The number of benzene rings is 1. The predicted molar refractivity (Wildman–Crippen MR) is 74.6 cm³/mol. The van der Waals surface area contributed by atoms with Crippen LogP contribution in [0.5, 0.6) is 11.5 Å². The summed E-state index contributed by atoms with van der Waals surface area (Å²) in [6, 6.07) is 2.56. The third-order valence-electron chi connectivity index (χ3n) is 2.82. The van der Waals surface area contributed by atoms with Gasteiger partial charge in [0.25, 0.3) is 5.69 Å². The minimum atomic E-state index is -0.607. The summed E-state index contributed by atoms with van der Waals surface area (Å²) in [7, 11) is 1.43. The van der Waals surface area contributed by atoms with E-state index in [1.165, 1.54) is 19.2 Å². The van der Waals surface area contributed by atoms with Crippen LogP contribution < -0.4 is 9.47 Å². The molecule has 6 heteroatoms. The Morgan fingerprint density at radius 2 is 2.05 bits per heavy atom. The third-order valence-corrected chi connectivity index (χ3v) is 2.82. The summed E-state index contributed by atoms with van der Waals surface area (Å²) in [6.07, 6.45) is 2.30. The fourth-order valence-corrected chi connectivity index (χ4v) is 1.76. The lowest BCUT2D eigenvalue weighted by molar-refractivity contribution is -0.385. The Morgan fingerprint density at radius 3 is 2.55 bits per heavy atom. The van der Waals surface area contributed by atoms with Crippen LogP contribution in [0.25, 0.3) is 0 Å². The molecule has 0 heterocycles. The zero-order valence-electron chi connectivity index (χ0n) is 11.9. The Kier molecular flexibility index (Phi) is 5.96.